The number of esters is 1. The Morgan fingerprint density at radius 2 is 1.75 bits per heavy atom. The molecule has 0 aromatic carbocycles. The first-order valence-electron chi connectivity index (χ1n) is 13.9. The quantitative estimate of drug-likeness (QED) is 0.453. The number of ether oxygens (including phenoxy) is 1. The van der Waals surface area contributed by atoms with Crippen molar-refractivity contribution >= 4 is 5.97 Å². The Kier molecular flexibility index (Phi) is 7.08. The Hall–Kier alpha value is -0.570. The summed E-state index contributed by atoms with van der Waals surface area (Å²) in [6, 6.07) is 0. The third-order valence-electron chi connectivity index (χ3n) is 11.5. The number of rotatable bonds is 6. The summed E-state index contributed by atoms with van der Waals surface area (Å²) < 4.78 is 6.34. The maximum Gasteiger partial charge on any atom is 0.302 e. The van der Waals surface area contributed by atoms with E-state index in [4.69, 9.17) is 4.74 Å². The van der Waals surface area contributed by atoms with Crippen LogP contribution in [0.3, 0.4) is 0 Å². The van der Waals surface area contributed by atoms with Crippen molar-refractivity contribution < 1.29 is 14.6 Å². The molecule has 0 bridgehead atoms. The molecule has 0 aromatic heterocycles. The van der Waals surface area contributed by atoms with Crippen LogP contribution in [0.5, 0.6) is 0 Å². The number of aliphatic hydroxyl groups excluding tert-OH is 1. The van der Waals surface area contributed by atoms with Gasteiger partial charge in [-0.2, -0.15) is 0 Å². The molecule has 11 atom stereocenters. The highest BCUT2D eigenvalue weighted by Gasteiger charge is 2.65. The second-order valence-corrected chi connectivity index (χ2v) is 13.0. The molecule has 0 unspecified atom stereocenters. The van der Waals surface area contributed by atoms with E-state index in [0.717, 1.165) is 31.1 Å². The van der Waals surface area contributed by atoms with E-state index in [0.29, 0.717) is 52.9 Å². The van der Waals surface area contributed by atoms with Crippen molar-refractivity contribution in [3.63, 3.8) is 0 Å². The van der Waals surface area contributed by atoms with Gasteiger partial charge in [-0.05, 0) is 110 Å². The van der Waals surface area contributed by atoms with Gasteiger partial charge in [-0.25, -0.2) is 0 Å². The van der Waals surface area contributed by atoms with Gasteiger partial charge in [-0.1, -0.05) is 41.0 Å². The third-order valence-corrected chi connectivity index (χ3v) is 11.5. The van der Waals surface area contributed by atoms with Crippen molar-refractivity contribution in [3.8, 4) is 0 Å². The van der Waals surface area contributed by atoms with Gasteiger partial charge in [-0.15, -0.1) is 0 Å². The Morgan fingerprint density at radius 3 is 2.41 bits per heavy atom. The first-order valence-corrected chi connectivity index (χ1v) is 13.9. The number of aliphatic hydroxyl groups is 1. The first-order chi connectivity index (χ1) is 15.2. The molecule has 0 saturated heterocycles. The molecule has 0 spiro atoms. The number of carbonyl (C=O) groups is 1. The van der Waals surface area contributed by atoms with Gasteiger partial charge in [-0.3, -0.25) is 4.79 Å². The average molecular weight is 447 g/mol. The number of hydrogen-bond acceptors (Lipinski definition) is 3. The molecule has 0 aromatic rings. The largest absolute Gasteiger partial charge is 0.462 e. The summed E-state index contributed by atoms with van der Waals surface area (Å²) in [5, 5.41) is 9.39. The van der Waals surface area contributed by atoms with Gasteiger partial charge in [0.15, 0.2) is 0 Å². The molecule has 0 aliphatic heterocycles. The summed E-state index contributed by atoms with van der Waals surface area (Å²) >= 11 is 0. The zero-order chi connectivity index (χ0) is 23.3. The highest BCUT2D eigenvalue weighted by molar-refractivity contribution is 5.66. The predicted molar refractivity (Wildman–Crippen MR) is 130 cm³/mol. The van der Waals surface area contributed by atoms with Crippen molar-refractivity contribution in [1.82, 2.24) is 0 Å². The zero-order valence-electron chi connectivity index (χ0n) is 21.7. The van der Waals surface area contributed by atoms with Crippen LogP contribution in [0.25, 0.3) is 0 Å². The van der Waals surface area contributed by atoms with Crippen LogP contribution in [0.1, 0.15) is 106 Å². The SMILES string of the molecule is CC[C@H]1[C@@H](OC(C)=O)[C@@H]2[C@H](CC[C@]3(C)[C@@H]([C@H](C)CCCO)CC[C@@H]23)[C@@]2(C)CC[C@@H](C)C[C@@H]12. The second kappa shape index (κ2) is 9.23. The van der Waals surface area contributed by atoms with Gasteiger partial charge in [0.25, 0.3) is 0 Å². The molecule has 4 saturated carbocycles. The van der Waals surface area contributed by atoms with E-state index in [2.05, 4.69) is 34.6 Å². The van der Waals surface area contributed by atoms with Crippen LogP contribution < -0.4 is 0 Å². The molecule has 4 fully saturated rings. The van der Waals surface area contributed by atoms with Crippen LogP contribution in [0.2, 0.25) is 0 Å². The summed E-state index contributed by atoms with van der Waals surface area (Å²) in [5.74, 6) is 5.28. The van der Waals surface area contributed by atoms with Crippen LogP contribution in [-0.4, -0.2) is 23.8 Å². The Labute approximate surface area is 197 Å². The monoisotopic (exact) mass is 446 g/mol. The van der Waals surface area contributed by atoms with Gasteiger partial charge >= 0.3 is 5.97 Å². The minimum Gasteiger partial charge on any atom is -0.462 e. The van der Waals surface area contributed by atoms with Gasteiger partial charge in [0.1, 0.15) is 6.10 Å². The molecule has 184 valence electrons. The smallest absolute Gasteiger partial charge is 0.302 e. The molecule has 4 rings (SSSR count). The summed E-state index contributed by atoms with van der Waals surface area (Å²) in [4.78, 5) is 12.4. The van der Waals surface area contributed by atoms with Gasteiger partial charge < -0.3 is 9.84 Å². The number of fused-ring (bicyclic) bond motifs is 5. The lowest BCUT2D eigenvalue weighted by atomic mass is 9.41. The summed E-state index contributed by atoms with van der Waals surface area (Å²) in [5.41, 5.74) is 0.772. The molecule has 4 aliphatic carbocycles. The first kappa shape index (κ1) is 24.6. The lowest BCUT2D eigenvalue weighted by Crippen LogP contribution is -2.62. The minimum absolute atomic E-state index is 0.0715. The molecule has 3 nitrogen and oxygen atoms in total. The molecule has 0 heterocycles. The lowest BCUT2D eigenvalue weighted by molar-refractivity contribution is -0.213. The molecular formula is C29H50O3. The van der Waals surface area contributed by atoms with Gasteiger partial charge in [0, 0.05) is 19.4 Å². The Morgan fingerprint density at radius 1 is 1.06 bits per heavy atom. The lowest BCUT2D eigenvalue weighted by Gasteiger charge is -2.65. The van der Waals surface area contributed by atoms with Crippen LogP contribution >= 0.6 is 0 Å². The summed E-state index contributed by atoms with van der Waals surface area (Å²) in [6.07, 6.45) is 12.6. The Balaban J connectivity index is 1.70. The standard InChI is InChI=1S/C29H50O3/c1-7-21-25-17-18(2)12-14-29(25,6)24-13-15-28(5)22(19(3)9-8-16-30)10-11-23(28)26(24)27(21)32-20(4)31/h18-19,21-27,30H,7-17H2,1-6H3/t18-,19-,21-,22-,23+,24+,25+,26+,27-,28-,29-/m1/s1. The summed E-state index contributed by atoms with van der Waals surface area (Å²) in [7, 11) is 0. The van der Waals surface area contributed by atoms with Crippen LogP contribution in [-0.2, 0) is 9.53 Å². The van der Waals surface area contributed by atoms with E-state index >= 15 is 0 Å². The topological polar surface area (TPSA) is 46.5 Å². The maximum atomic E-state index is 12.4. The van der Waals surface area contributed by atoms with Gasteiger partial charge in [0.2, 0.25) is 0 Å². The van der Waals surface area contributed by atoms with E-state index in [1.165, 1.54) is 44.9 Å². The van der Waals surface area contributed by atoms with Crippen LogP contribution in [0, 0.1) is 58.2 Å². The summed E-state index contributed by atoms with van der Waals surface area (Å²) in [6.45, 7) is 14.4. The van der Waals surface area contributed by atoms with Crippen molar-refractivity contribution in [2.24, 2.45) is 58.2 Å². The normalized spacial score (nSPS) is 49.0. The van der Waals surface area contributed by atoms with Gasteiger partial charge in [0.05, 0.1) is 0 Å². The molecule has 0 radical (unpaired) electrons. The molecule has 0 amide bonds. The fourth-order valence-corrected chi connectivity index (χ4v) is 10.1. The third kappa shape index (κ3) is 3.87. The fraction of sp³-hybridized carbons (Fsp3) is 0.966. The van der Waals surface area contributed by atoms with E-state index in [9.17, 15) is 9.90 Å². The Bertz CT molecular complexity index is 675. The zero-order valence-corrected chi connectivity index (χ0v) is 21.7. The highest BCUT2D eigenvalue weighted by atomic mass is 16.5. The van der Waals surface area contributed by atoms with E-state index in [1.54, 1.807) is 6.92 Å². The van der Waals surface area contributed by atoms with Crippen LogP contribution in [0.4, 0.5) is 0 Å². The molecule has 4 aliphatic rings. The highest BCUT2D eigenvalue weighted by Crippen LogP contribution is 2.70. The number of carbonyl (C=O) groups excluding carboxylic acids is 1. The number of hydrogen-bond donors (Lipinski definition) is 1. The van der Waals surface area contributed by atoms with E-state index < -0.39 is 0 Å². The second-order valence-electron chi connectivity index (χ2n) is 13.0. The van der Waals surface area contributed by atoms with Crippen LogP contribution in [0.15, 0.2) is 0 Å². The van der Waals surface area contributed by atoms with Crippen molar-refractivity contribution in [2.75, 3.05) is 6.61 Å². The predicted octanol–water partition coefficient (Wildman–Crippen LogP) is 6.87. The van der Waals surface area contributed by atoms with E-state index in [-0.39, 0.29) is 12.1 Å². The minimum atomic E-state index is -0.0715. The molecule has 1 N–H and O–H groups in total. The maximum absolute atomic E-state index is 12.4. The molecule has 32 heavy (non-hydrogen) atoms. The molecule has 3 heteroatoms. The average Bonchev–Trinajstić information content (AvgIpc) is 3.10. The van der Waals surface area contributed by atoms with E-state index in [1.807, 2.05) is 0 Å². The fourth-order valence-electron chi connectivity index (χ4n) is 10.1. The van der Waals surface area contributed by atoms with Crippen molar-refractivity contribution in [2.45, 2.75) is 112 Å². The van der Waals surface area contributed by atoms with Crippen molar-refractivity contribution in [1.29, 1.82) is 0 Å². The van der Waals surface area contributed by atoms with Crippen molar-refractivity contribution in [3.05, 3.63) is 0 Å². The molecular weight excluding hydrogens is 396 g/mol.